The molecule has 0 radical (unpaired) electrons. The number of methoxy groups -OCH3 is 1. The third kappa shape index (κ3) is 5.33. The SMILES string of the molecule is COc1ccc(-c2cc(C)c3c(c2)CN(c2nc(N)nc(C)c2C(C)C)CCO3)cc1NS(C)(=O)=O. The summed E-state index contributed by atoms with van der Waals surface area (Å²) in [6.45, 7) is 9.99. The van der Waals surface area contributed by atoms with Gasteiger partial charge in [0.2, 0.25) is 16.0 Å². The maximum absolute atomic E-state index is 11.9. The fourth-order valence-corrected chi connectivity index (χ4v) is 5.29. The number of rotatable bonds is 6. The molecule has 0 atom stereocenters. The molecular formula is C26H33N5O4S. The molecule has 10 heteroatoms. The summed E-state index contributed by atoms with van der Waals surface area (Å²) in [6, 6.07) is 9.58. The van der Waals surface area contributed by atoms with Gasteiger partial charge in [0.05, 0.1) is 25.6 Å². The minimum Gasteiger partial charge on any atom is -0.495 e. The third-order valence-electron chi connectivity index (χ3n) is 6.16. The van der Waals surface area contributed by atoms with E-state index in [9.17, 15) is 8.42 Å². The van der Waals surface area contributed by atoms with Crippen LogP contribution in [0.2, 0.25) is 0 Å². The fraction of sp³-hybridized carbons (Fsp3) is 0.385. The standard InChI is InChI=1S/C26H33N5O4S/c1-15(2)23-17(4)28-26(27)29-25(23)31-9-10-35-24-16(3)11-19(12-20(24)14-31)18-7-8-22(34-5)21(13-18)30-36(6,32)33/h7-8,11-13,15,30H,9-10,14H2,1-6H3,(H2,27,28,29). The normalized spacial score (nSPS) is 13.7. The van der Waals surface area contributed by atoms with Gasteiger partial charge in [-0.1, -0.05) is 19.9 Å². The number of hydrogen-bond acceptors (Lipinski definition) is 8. The molecule has 3 N–H and O–H groups in total. The number of nitrogens with zero attached hydrogens (tertiary/aromatic N) is 3. The lowest BCUT2D eigenvalue weighted by molar-refractivity contribution is 0.329. The molecule has 4 rings (SSSR count). The zero-order valence-electron chi connectivity index (χ0n) is 21.5. The average Bonchev–Trinajstić information content (AvgIpc) is 3.00. The number of aryl methyl sites for hydroxylation is 2. The van der Waals surface area contributed by atoms with E-state index in [4.69, 9.17) is 15.2 Å². The van der Waals surface area contributed by atoms with Crippen molar-refractivity contribution >= 4 is 27.5 Å². The molecule has 0 spiro atoms. The first-order valence-electron chi connectivity index (χ1n) is 11.8. The number of nitrogens with two attached hydrogens (primary N) is 1. The van der Waals surface area contributed by atoms with E-state index >= 15 is 0 Å². The van der Waals surface area contributed by atoms with E-state index in [1.54, 1.807) is 12.1 Å². The van der Waals surface area contributed by atoms with Gasteiger partial charge in [0, 0.05) is 23.4 Å². The van der Waals surface area contributed by atoms with Gasteiger partial charge in [0.25, 0.3) is 0 Å². The van der Waals surface area contributed by atoms with Crippen LogP contribution in [0.4, 0.5) is 17.5 Å². The average molecular weight is 512 g/mol. The molecular weight excluding hydrogens is 478 g/mol. The van der Waals surface area contributed by atoms with Gasteiger partial charge in [-0.05, 0) is 60.7 Å². The van der Waals surface area contributed by atoms with Crippen molar-refractivity contribution in [1.29, 1.82) is 0 Å². The second-order valence-electron chi connectivity index (χ2n) is 9.40. The number of fused-ring (bicyclic) bond motifs is 1. The molecule has 2 aromatic carbocycles. The number of aromatic nitrogens is 2. The molecule has 0 fully saturated rings. The van der Waals surface area contributed by atoms with Crippen molar-refractivity contribution in [2.75, 3.05) is 41.9 Å². The van der Waals surface area contributed by atoms with Crippen LogP contribution in [-0.2, 0) is 16.6 Å². The molecule has 3 aromatic rings. The van der Waals surface area contributed by atoms with Gasteiger partial charge in [-0.15, -0.1) is 0 Å². The minimum absolute atomic E-state index is 0.234. The molecule has 0 saturated heterocycles. The maximum atomic E-state index is 11.9. The Hall–Kier alpha value is -3.53. The van der Waals surface area contributed by atoms with Crippen LogP contribution in [0.25, 0.3) is 11.1 Å². The molecule has 0 aliphatic carbocycles. The van der Waals surface area contributed by atoms with E-state index in [-0.39, 0.29) is 11.9 Å². The molecule has 1 aromatic heterocycles. The topological polar surface area (TPSA) is 120 Å². The van der Waals surface area contributed by atoms with Gasteiger partial charge in [0.15, 0.2) is 0 Å². The van der Waals surface area contributed by atoms with E-state index < -0.39 is 10.0 Å². The van der Waals surface area contributed by atoms with Crippen LogP contribution >= 0.6 is 0 Å². The lowest BCUT2D eigenvalue weighted by Gasteiger charge is -2.26. The van der Waals surface area contributed by atoms with Crippen molar-refractivity contribution < 1.29 is 17.9 Å². The Kier molecular flexibility index (Phi) is 6.99. The molecule has 0 bridgehead atoms. The lowest BCUT2D eigenvalue weighted by Crippen LogP contribution is -2.28. The van der Waals surface area contributed by atoms with Crippen molar-refractivity contribution in [1.82, 2.24) is 9.97 Å². The van der Waals surface area contributed by atoms with Crippen molar-refractivity contribution in [2.45, 2.75) is 40.2 Å². The predicted molar refractivity (Wildman–Crippen MR) is 143 cm³/mol. The molecule has 0 saturated carbocycles. The largest absolute Gasteiger partial charge is 0.495 e. The molecule has 1 aliphatic heterocycles. The van der Waals surface area contributed by atoms with Gasteiger partial charge < -0.3 is 20.1 Å². The van der Waals surface area contributed by atoms with Gasteiger partial charge in [-0.25, -0.2) is 13.4 Å². The van der Waals surface area contributed by atoms with Gasteiger partial charge in [-0.3, -0.25) is 4.72 Å². The Morgan fingerprint density at radius 2 is 1.89 bits per heavy atom. The first-order chi connectivity index (χ1) is 17.0. The summed E-state index contributed by atoms with van der Waals surface area (Å²) < 4.78 is 37.8. The predicted octanol–water partition coefficient (Wildman–Crippen LogP) is 4.25. The fourth-order valence-electron chi connectivity index (χ4n) is 4.73. The number of benzene rings is 2. The van der Waals surface area contributed by atoms with Crippen LogP contribution in [0.5, 0.6) is 11.5 Å². The Labute approximate surface area is 212 Å². The van der Waals surface area contributed by atoms with Gasteiger partial charge >= 0.3 is 0 Å². The molecule has 0 amide bonds. The first kappa shape index (κ1) is 25.6. The maximum Gasteiger partial charge on any atom is 0.229 e. The minimum atomic E-state index is -3.47. The van der Waals surface area contributed by atoms with Crippen molar-refractivity contribution in [3.05, 3.63) is 52.7 Å². The van der Waals surface area contributed by atoms with Crippen molar-refractivity contribution in [2.24, 2.45) is 0 Å². The second kappa shape index (κ2) is 9.85. The first-order valence-corrected chi connectivity index (χ1v) is 13.7. The van der Waals surface area contributed by atoms with E-state index in [0.29, 0.717) is 31.1 Å². The molecule has 1 aliphatic rings. The molecule has 192 valence electrons. The lowest BCUT2D eigenvalue weighted by atomic mass is 9.98. The van der Waals surface area contributed by atoms with Crippen molar-refractivity contribution in [3.63, 3.8) is 0 Å². The summed E-state index contributed by atoms with van der Waals surface area (Å²) in [5.74, 6) is 2.62. The highest BCUT2D eigenvalue weighted by Crippen LogP contribution is 2.38. The highest BCUT2D eigenvalue weighted by Gasteiger charge is 2.24. The highest BCUT2D eigenvalue weighted by molar-refractivity contribution is 7.92. The summed E-state index contributed by atoms with van der Waals surface area (Å²) in [5.41, 5.74) is 12.2. The number of ether oxygens (including phenoxy) is 2. The molecule has 9 nitrogen and oxygen atoms in total. The molecule has 2 heterocycles. The van der Waals surface area contributed by atoms with Gasteiger partial charge in [0.1, 0.15) is 23.9 Å². The summed E-state index contributed by atoms with van der Waals surface area (Å²) in [6.07, 6.45) is 1.12. The Morgan fingerprint density at radius 3 is 2.56 bits per heavy atom. The smallest absolute Gasteiger partial charge is 0.229 e. The Balaban J connectivity index is 1.78. The zero-order chi connectivity index (χ0) is 26.2. The van der Waals surface area contributed by atoms with Crippen LogP contribution in [-0.4, -0.2) is 44.9 Å². The number of sulfonamides is 1. The molecule has 36 heavy (non-hydrogen) atoms. The second-order valence-corrected chi connectivity index (χ2v) is 11.1. The highest BCUT2D eigenvalue weighted by atomic mass is 32.2. The van der Waals surface area contributed by atoms with E-state index in [0.717, 1.165) is 51.3 Å². The summed E-state index contributed by atoms with van der Waals surface area (Å²) in [5, 5.41) is 0. The number of nitrogens with one attached hydrogen (secondary N) is 1. The zero-order valence-corrected chi connectivity index (χ0v) is 22.4. The van der Waals surface area contributed by atoms with Crippen LogP contribution in [0.1, 0.15) is 42.1 Å². The van der Waals surface area contributed by atoms with E-state index in [2.05, 4.69) is 39.5 Å². The monoisotopic (exact) mass is 511 g/mol. The van der Waals surface area contributed by atoms with Crippen LogP contribution in [0, 0.1) is 13.8 Å². The van der Waals surface area contributed by atoms with E-state index in [1.165, 1.54) is 7.11 Å². The van der Waals surface area contributed by atoms with E-state index in [1.807, 2.05) is 26.0 Å². The summed E-state index contributed by atoms with van der Waals surface area (Å²) >= 11 is 0. The quantitative estimate of drug-likeness (QED) is 0.504. The third-order valence-corrected chi connectivity index (χ3v) is 6.75. The number of hydrogen-bond donors (Lipinski definition) is 2. The molecule has 0 unspecified atom stereocenters. The van der Waals surface area contributed by atoms with Crippen LogP contribution in [0.3, 0.4) is 0 Å². The Morgan fingerprint density at radius 1 is 1.14 bits per heavy atom. The van der Waals surface area contributed by atoms with Crippen LogP contribution in [0.15, 0.2) is 30.3 Å². The van der Waals surface area contributed by atoms with Crippen molar-refractivity contribution in [3.8, 4) is 22.6 Å². The summed E-state index contributed by atoms with van der Waals surface area (Å²) in [7, 11) is -1.96. The van der Waals surface area contributed by atoms with Crippen LogP contribution < -0.4 is 24.8 Å². The van der Waals surface area contributed by atoms with Gasteiger partial charge in [-0.2, -0.15) is 4.98 Å². The number of anilines is 3. The summed E-state index contributed by atoms with van der Waals surface area (Å²) in [4.78, 5) is 11.2. The Bertz CT molecular complexity index is 1410. The number of nitrogen functional groups attached to an aromatic ring is 1.